The van der Waals surface area contributed by atoms with Crippen LogP contribution in [0, 0.1) is 0 Å². The Morgan fingerprint density at radius 3 is 2.77 bits per heavy atom. The number of halogens is 5. The van der Waals surface area contributed by atoms with Crippen LogP contribution in [0.5, 0.6) is 0 Å². The number of anilines is 1. The second-order valence-electron chi connectivity index (χ2n) is 5.61. The van der Waals surface area contributed by atoms with Crippen molar-refractivity contribution < 1.29 is 36.2 Å². The molecule has 0 N–H and O–H groups in total. The Bertz CT molecular complexity index is 599. The summed E-state index contributed by atoms with van der Waals surface area (Å²) in [6.07, 6.45) is -3.94. The SMILES string of the molecule is COC(=O)c1cnc(N2CCN(CCC(F)(F)F)C[C@H]2COC(F)F)s1. The highest BCUT2D eigenvalue weighted by Gasteiger charge is 2.33. The van der Waals surface area contributed by atoms with E-state index >= 15 is 0 Å². The lowest BCUT2D eigenvalue weighted by Gasteiger charge is -2.41. The van der Waals surface area contributed by atoms with Gasteiger partial charge in [0.15, 0.2) is 5.13 Å². The maximum Gasteiger partial charge on any atom is 0.390 e. The molecule has 1 saturated heterocycles. The van der Waals surface area contributed by atoms with Crippen LogP contribution in [0.4, 0.5) is 27.1 Å². The molecule has 0 saturated carbocycles. The Labute approximate surface area is 150 Å². The smallest absolute Gasteiger partial charge is 0.390 e. The molecule has 1 aromatic rings. The molecule has 2 rings (SSSR count). The molecular formula is C14H18F5N3O3S. The highest BCUT2D eigenvalue weighted by Crippen LogP contribution is 2.28. The third kappa shape index (κ3) is 6.02. The molecule has 0 aromatic carbocycles. The van der Waals surface area contributed by atoms with Crippen molar-refractivity contribution >= 4 is 22.4 Å². The van der Waals surface area contributed by atoms with Crippen LogP contribution in [0.3, 0.4) is 0 Å². The zero-order valence-electron chi connectivity index (χ0n) is 13.8. The van der Waals surface area contributed by atoms with Crippen LogP contribution in [-0.2, 0) is 9.47 Å². The van der Waals surface area contributed by atoms with Gasteiger partial charge in [-0.3, -0.25) is 4.90 Å². The van der Waals surface area contributed by atoms with E-state index in [9.17, 15) is 26.7 Å². The first kappa shape index (κ1) is 20.8. The number of alkyl halides is 5. The summed E-state index contributed by atoms with van der Waals surface area (Å²) in [6, 6.07) is -0.609. The van der Waals surface area contributed by atoms with Crippen molar-refractivity contribution in [1.29, 1.82) is 0 Å². The first-order valence-electron chi connectivity index (χ1n) is 7.69. The summed E-state index contributed by atoms with van der Waals surface area (Å²) in [6.45, 7) is -2.85. The summed E-state index contributed by atoms with van der Waals surface area (Å²) in [5, 5.41) is 0.406. The lowest BCUT2D eigenvalue weighted by molar-refractivity contribution is -0.141. The summed E-state index contributed by atoms with van der Waals surface area (Å²) in [5.41, 5.74) is 0. The lowest BCUT2D eigenvalue weighted by atomic mass is 10.2. The van der Waals surface area contributed by atoms with E-state index in [4.69, 9.17) is 0 Å². The predicted octanol–water partition coefficient (Wildman–Crippen LogP) is 2.61. The zero-order chi connectivity index (χ0) is 19.3. The van der Waals surface area contributed by atoms with E-state index in [-0.39, 0.29) is 31.1 Å². The number of nitrogens with zero attached hydrogens (tertiary/aromatic N) is 3. The fraction of sp³-hybridized carbons (Fsp3) is 0.714. The minimum atomic E-state index is -4.28. The minimum absolute atomic E-state index is 0.121. The van der Waals surface area contributed by atoms with E-state index in [0.717, 1.165) is 11.3 Å². The Morgan fingerprint density at radius 1 is 1.42 bits per heavy atom. The molecule has 1 aliphatic rings. The normalized spacial score (nSPS) is 19.2. The second-order valence-corrected chi connectivity index (χ2v) is 6.61. The predicted molar refractivity (Wildman–Crippen MR) is 83.7 cm³/mol. The molecule has 1 atom stereocenters. The molecule has 2 heterocycles. The molecule has 0 unspecified atom stereocenters. The van der Waals surface area contributed by atoms with Crippen LogP contribution in [0.2, 0.25) is 0 Å². The van der Waals surface area contributed by atoms with E-state index in [2.05, 4.69) is 14.5 Å². The number of carbonyl (C=O) groups excluding carboxylic acids is 1. The third-order valence-corrected chi connectivity index (χ3v) is 4.83. The van der Waals surface area contributed by atoms with Gasteiger partial charge >= 0.3 is 18.8 Å². The molecule has 0 radical (unpaired) electrons. The van der Waals surface area contributed by atoms with Gasteiger partial charge in [0, 0.05) is 26.2 Å². The largest absolute Gasteiger partial charge is 0.465 e. The van der Waals surface area contributed by atoms with E-state index in [1.165, 1.54) is 13.3 Å². The molecule has 0 amide bonds. The Kier molecular flexibility index (Phi) is 7.12. The molecule has 148 valence electrons. The summed E-state index contributed by atoms with van der Waals surface area (Å²) in [5.74, 6) is -0.571. The molecule has 1 aliphatic heterocycles. The standard InChI is InChI=1S/C14H18F5N3O3S/c1-24-11(23)10-6-20-13(26-10)22-5-4-21(3-2-14(17,18)19)7-9(22)8-25-12(15)16/h6,9,12H,2-5,7-8H2,1H3/t9-/m0/s1. The molecule has 0 spiro atoms. The number of esters is 1. The van der Waals surface area contributed by atoms with Crippen molar-refractivity contribution in [3.8, 4) is 0 Å². The highest BCUT2D eigenvalue weighted by atomic mass is 32.1. The van der Waals surface area contributed by atoms with Gasteiger partial charge in [0.2, 0.25) is 0 Å². The van der Waals surface area contributed by atoms with E-state index < -0.39 is 31.2 Å². The fourth-order valence-electron chi connectivity index (χ4n) is 2.58. The summed E-state index contributed by atoms with van der Waals surface area (Å²) in [4.78, 5) is 19.1. The van der Waals surface area contributed by atoms with Gasteiger partial charge < -0.3 is 14.4 Å². The first-order valence-corrected chi connectivity index (χ1v) is 8.51. The fourth-order valence-corrected chi connectivity index (χ4v) is 3.51. The first-order chi connectivity index (χ1) is 12.2. The average Bonchev–Trinajstić information content (AvgIpc) is 3.06. The minimum Gasteiger partial charge on any atom is -0.465 e. The van der Waals surface area contributed by atoms with Gasteiger partial charge in [0.1, 0.15) is 4.88 Å². The zero-order valence-corrected chi connectivity index (χ0v) is 14.7. The maximum absolute atomic E-state index is 12.4. The Morgan fingerprint density at radius 2 is 2.15 bits per heavy atom. The van der Waals surface area contributed by atoms with Gasteiger partial charge in [-0.25, -0.2) is 9.78 Å². The third-order valence-electron chi connectivity index (χ3n) is 3.82. The molecule has 1 aromatic heterocycles. The number of piperazine rings is 1. The monoisotopic (exact) mass is 403 g/mol. The summed E-state index contributed by atoms with van der Waals surface area (Å²) < 4.78 is 71.0. The van der Waals surface area contributed by atoms with E-state index in [0.29, 0.717) is 11.7 Å². The second kappa shape index (κ2) is 8.91. The molecular weight excluding hydrogens is 385 g/mol. The van der Waals surface area contributed by atoms with Crippen molar-refractivity contribution in [2.45, 2.75) is 25.3 Å². The van der Waals surface area contributed by atoms with Crippen LogP contribution < -0.4 is 4.90 Å². The van der Waals surface area contributed by atoms with Crippen molar-refractivity contribution in [2.24, 2.45) is 0 Å². The van der Waals surface area contributed by atoms with Gasteiger partial charge in [-0.2, -0.15) is 22.0 Å². The van der Waals surface area contributed by atoms with Gasteiger partial charge in [0.25, 0.3) is 0 Å². The molecule has 6 nitrogen and oxygen atoms in total. The number of ether oxygens (including phenoxy) is 2. The van der Waals surface area contributed by atoms with Crippen LogP contribution >= 0.6 is 11.3 Å². The van der Waals surface area contributed by atoms with E-state index in [1.54, 1.807) is 9.80 Å². The average molecular weight is 403 g/mol. The Balaban J connectivity index is 2.06. The number of aromatic nitrogens is 1. The quantitative estimate of drug-likeness (QED) is 0.515. The molecule has 12 heteroatoms. The van der Waals surface area contributed by atoms with Gasteiger partial charge in [-0.15, -0.1) is 0 Å². The topological polar surface area (TPSA) is 54.9 Å². The van der Waals surface area contributed by atoms with E-state index in [1.807, 2.05) is 0 Å². The molecule has 26 heavy (non-hydrogen) atoms. The van der Waals surface area contributed by atoms with Crippen molar-refractivity contribution in [1.82, 2.24) is 9.88 Å². The number of carbonyl (C=O) groups is 1. The molecule has 0 bridgehead atoms. The number of hydrogen-bond acceptors (Lipinski definition) is 7. The van der Waals surface area contributed by atoms with Crippen LogP contribution in [0.15, 0.2) is 6.20 Å². The number of rotatable bonds is 7. The van der Waals surface area contributed by atoms with Crippen molar-refractivity contribution in [2.75, 3.05) is 44.8 Å². The summed E-state index contributed by atoms with van der Waals surface area (Å²) >= 11 is 1.03. The van der Waals surface area contributed by atoms with Crippen molar-refractivity contribution in [3.63, 3.8) is 0 Å². The molecule has 1 fully saturated rings. The number of methoxy groups -OCH3 is 1. The van der Waals surface area contributed by atoms with Gasteiger partial charge in [-0.05, 0) is 0 Å². The maximum atomic E-state index is 12.4. The molecule has 0 aliphatic carbocycles. The lowest BCUT2D eigenvalue weighted by Crippen LogP contribution is -2.55. The van der Waals surface area contributed by atoms with Crippen LogP contribution in [0.25, 0.3) is 0 Å². The van der Waals surface area contributed by atoms with Crippen LogP contribution in [0.1, 0.15) is 16.1 Å². The van der Waals surface area contributed by atoms with Gasteiger partial charge in [-0.1, -0.05) is 11.3 Å². The number of hydrogen-bond donors (Lipinski definition) is 0. The summed E-state index contributed by atoms with van der Waals surface area (Å²) in [7, 11) is 1.22. The highest BCUT2D eigenvalue weighted by molar-refractivity contribution is 7.17. The Hall–Kier alpha value is -1.53. The van der Waals surface area contributed by atoms with Crippen LogP contribution in [-0.4, -0.2) is 74.6 Å². The number of thiazole rings is 1. The van der Waals surface area contributed by atoms with Crippen molar-refractivity contribution in [3.05, 3.63) is 11.1 Å². The van der Waals surface area contributed by atoms with Gasteiger partial charge in [0.05, 0.1) is 32.4 Å².